The number of hydrogen-bond donors (Lipinski definition) is 1. The van der Waals surface area contributed by atoms with Gasteiger partial charge in [0.2, 0.25) is 15.9 Å². The summed E-state index contributed by atoms with van der Waals surface area (Å²) in [6.45, 7) is 4.73. The lowest BCUT2D eigenvalue weighted by atomic mass is 9.99. The zero-order valence-corrected chi connectivity index (χ0v) is 14.0. The van der Waals surface area contributed by atoms with Crippen LogP contribution in [0.2, 0.25) is 0 Å². The van der Waals surface area contributed by atoms with Crippen LogP contribution in [-0.2, 0) is 14.8 Å². The molecule has 0 radical (unpaired) electrons. The predicted molar refractivity (Wildman–Crippen MR) is 89.9 cm³/mol. The van der Waals surface area contributed by atoms with E-state index in [1.54, 1.807) is 30.3 Å². The third-order valence-electron chi connectivity index (χ3n) is 3.71. The molecule has 0 aromatic heterocycles. The largest absolute Gasteiger partial charge is 0.490 e. The average Bonchev–Trinajstić information content (AvgIpc) is 2.53. The summed E-state index contributed by atoms with van der Waals surface area (Å²) in [6.07, 6.45) is 4.22. The summed E-state index contributed by atoms with van der Waals surface area (Å²) < 4.78 is 30.0. The SMILES string of the molecule is C=CCOc1ccc(NC(=O)[C@H]2CCCN(S(C)(=O)=O)C2)cc1. The van der Waals surface area contributed by atoms with E-state index < -0.39 is 10.0 Å². The number of rotatable bonds is 6. The Morgan fingerprint density at radius 2 is 2.13 bits per heavy atom. The van der Waals surface area contributed by atoms with Gasteiger partial charge in [-0.15, -0.1) is 0 Å². The molecule has 1 heterocycles. The maximum absolute atomic E-state index is 12.3. The highest BCUT2D eigenvalue weighted by Crippen LogP contribution is 2.21. The van der Waals surface area contributed by atoms with Crippen LogP contribution in [-0.4, -0.2) is 44.6 Å². The minimum atomic E-state index is -3.25. The third kappa shape index (κ3) is 5.07. The number of anilines is 1. The van der Waals surface area contributed by atoms with Crippen molar-refractivity contribution in [3.8, 4) is 5.75 Å². The fraction of sp³-hybridized carbons (Fsp3) is 0.438. The quantitative estimate of drug-likeness (QED) is 0.803. The first-order valence-electron chi connectivity index (χ1n) is 7.50. The molecule has 1 saturated heterocycles. The van der Waals surface area contributed by atoms with Crippen LogP contribution in [0.5, 0.6) is 5.75 Å². The molecule has 1 N–H and O–H groups in total. The molecule has 1 atom stereocenters. The molecule has 7 heteroatoms. The van der Waals surface area contributed by atoms with E-state index in [0.29, 0.717) is 37.4 Å². The Morgan fingerprint density at radius 3 is 2.74 bits per heavy atom. The Bertz CT molecular complexity index is 655. The van der Waals surface area contributed by atoms with Crippen molar-refractivity contribution < 1.29 is 17.9 Å². The highest BCUT2D eigenvalue weighted by atomic mass is 32.2. The van der Waals surface area contributed by atoms with Crippen LogP contribution in [0.1, 0.15) is 12.8 Å². The van der Waals surface area contributed by atoms with Crippen molar-refractivity contribution in [2.24, 2.45) is 5.92 Å². The van der Waals surface area contributed by atoms with Gasteiger partial charge in [-0.3, -0.25) is 4.79 Å². The summed E-state index contributed by atoms with van der Waals surface area (Å²) in [5, 5.41) is 2.83. The number of amides is 1. The zero-order valence-electron chi connectivity index (χ0n) is 13.2. The lowest BCUT2D eigenvalue weighted by molar-refractivity contribution is -0.120. The van der Waals surface area contributed by atoms with Crippen LogP contribution in [0.4, 0.5) is 5.69 Å². The number of carbonyl (C=O) groups is 1. The number of piperidine rings is 1. The molecule has 23 heavy (non-hydrogen) atoms. The van der Waals surface area contributed by atoms with Crippen molar-refractivity contribution >= 4 is 21.6 Å². The molecular weight excluding hydrogens is 316 g/mol. The van der Waals surface area contributed by atoms with Crippen LogP contribution in [0.25, 0.3) is 0 Å². The highest BCUT2D eigenvalue weighted by Gasteiger charge is 2.30. The molecule has 1 aromatic rings. The third-order valence-corrected chi connectivity index (χ3v) is 4.98. The summed E-state index contributed by atoms with van der Waals surface area (Å²) in [5.74, 6) is 0.220. The Balaban J connectivity index is 1.94. The van der Waals surface area contributed by atoms with E-state index in [4.69, 9.17) is 4.74 Å². The van der Waals surface area contributed by atoms with Crippen molar-refractivity contribution in [1.82, 2.24) is 4.31 Å². The first-order valence-corrected chi connectivity index (χ1v) is 9.34. The topological polar surface area (TPSA) is 75.7 Å². The van der Waals surface area contributed by atoms with Gasteiger partial charge in [-0.25, -0.2) is 12.7 Å². The van der Waals surface area contributed by atoms with E-state index in [1.165, 1.54) is 10.6 Å². The number of hydrogen-bond acceptors (Lipinski definition) is 4. The van der Waals surface area contributed by atoms with Gasteiger partial charge in [0.15, 0.2) is 0 Å². The molecule has 0 aliphatic carbocycles. The number of ether oxygens (including phenoxy) is 1. The fourth-order valence-electron chi connectivity index (χ4n) is 2.49. The smallest absolute Gasteiger partial charge is 0.228 e. The minimum absolute atomic E-state index is 0.155. The maximum atomic E-state index is 12.3. The second-order valence-electron chi connectivity index (χ2n) is 5.57. The monoisotopic (exact) mass is 338 g/mol. The molecule has 1 aliphatic heterocycles. The fourth-order valence-corrected chi connectivity index (χ4v) is 3.40. The molecule has 2 rings (SSSR count). The predicted octanol–water partition coefficient (Wildman–Crippen LogP) is 1.86. The van der Waals surface area contributed by atoms with Gasteiger partial charge in [0, 0.05) is 18.8 Å². The summed E-state index contributed by atoms with van der Waals surface area (Å²) >= 11 is 0. The number of sulfonamides is 1. The van der Waals surface area contributed by atoms with Gasteiger partial charge in [0.1, 0.15) is 12.4 Å². The number of carbonyl (C=O) groups excluding carboxylic acids is 1. The lowest BCUT2D eigenvalue weighted by Gasteiger charge is -2.30. The Hall–Kier alpha value is -1.86. The van der Waals surface area contributed by atoms with Crippen LogP contribution in [0, 0.1) is 5.92 Å². The number of nitrogens with zero attached hydrogens (tertiary/aromatic N) is 1. The number of nitrogens with one attached hydrogen (secondary N) is 1. The molecule has 0 saturated carbocycles. The standard InChI is InChI=1S/C16H22N2O4S/c1-3-11-22-15-8-6-14(7-9-15)17-16(19)13-5-4-10-18(12-13)23(2,20)21/h3,6-9,13H,1,4-5,10-12H2,2H3,(H,17,19)/t13-/m0/s1. The Morgan fingerprint density at radius 1 is 1.43 bits per heavy atom. The molecule has 0 spiro atoms. The maximum Gasteiger partial charge on any atom is 0.228 e. The van der Waals surface area contributed by atoms with E-state index in [2.05, 4.69) is 11.9 Å². The Labute approximate surface area is 137 Å². The molecular formula is C16H22N2O4S. The molecule has 1 aliphatic rings. The van der Waals surface area contributed by atoms with Gasteiger partial charge in [0.05, 0.1) is 12.2 Å². The summed E-state index contributed by atoms with van der Waals surface area (Å²) in [7, 11) is -3.25. The van der Waals surface area contributed by atoms with Gasteiger partial charge in [-0.05, 0) is 37.1 Å². The van der Waals surface area contributed by atoms with E-state index >= 15 is 0 Å². The van der Waals surface area contributed by atoms with Crippen LogP contribution in [0.3, 0.4) is 0 Å². The van der Waals surface area contributed by atoms with Crippen molar-refractivity contribution in [2.45, 2.75) is 12.8 Å². The van der Waals surface area contributed by atoms with Gasteiger partial charge >= 0.3 is 0 Å². The van der Waals surface area contributed by atoms with Gasteiger partial charge in [-0.1, -0.05) is 12.7 Å². The van der Waals surface area contributed by atoms with Gasteiger partial charge in [-0.2, -0.15) is 0 Å². The zero-order chi connectivity index (χ0) is 16.9. The molecule has 0 bridgehead atoms. The van der Waals surface area contributed by atoms with Crippen molar-refractivity contribution in [2.75, 3.05) is 31.3 Å². The molecule has 1 fully saturated rings. The van der Waals surface area contributed by atoms with Crippen LogP contribution < -0.4 is 10.1 Å². The molecule has 1 aromatic carbocycles. The van der Waals surface area contributed by atoms with E-state index in [9.17, 15) is 13.2 Å². The van der Waals surface area contributed by atoms with E-state index in [1.807, 2.05) is 0 Å². The molecule has 6 nitrogen and oxygen atoms in total. The van der Waals surface area contributed by atoms with E-state index in [-0.39, 0.29) is 18.4 Å². The summed E-state index contributed by atoms with van der Waals surface area (Å²) in [5.41, 5.74) is 0.664. The first-order chi connectivity index (χ1) is 10.9. The van der Waals surface area contributed by atoms with E-state index in [0.717, 1.165) is 0 Å². The molecule has 126 valence electrons. The highest BCUT2D eigenvalue weighted by molar-refractivity contribution is 7.88. The second-order valence-corrected chi connectivity index (χ2v) is 7.56. The van der Waals surface area contributed by atoms with Crippen molar-refractivity contribution in [3.05, 3.63) is 36.9 Å². The second kappa shape index (κ2) is 7.61. The van der Waals surface area contributed by atoms with Crippen molar-refractivity contribution in [3.63, 3.8) is 0 Å². The average molecular weight is 338 g/mol. The first kappa shape index (κ1) is 17.5. The lowest BCUT2D eigenvalue weighted by Crippen LogP contribution is -2.43. The van der Waals surface area contributed by atoms with Crippen molar-refractivity contribution in [1.29, 1.82) is 0 Å². The minimum Gasteiger partial charge on any atom is -0.490 e. The molecule has 0 unspecified atom stereocenters. The van der Waals surface area contributed by atoms with Gasteiger partial charge in [0.25, 0.3) is 0 Å². The summed E-state index contributed by atoms with van der Waals surface area (Å²) in [4.78, 5) is 12.3. The Kier molecular flexibility index (Phi) is 5.79. The van der Waals surface area contributed by atoms with Gasteiger partial charge < -0.3 is 10.1 Å². The normalized spacial score (nSPS) is 19.1. The number of benzene rings is 1. The summed E-state index contributed by atoms with van der Waals surface area (Å²) in [6, 6.07) is 7.05. The molecule has 1 amide bonds. The van der Waals surface area contributed by atoms with Crippen LogP contribution in [0.15, 0.2) is 36.9 Å². The van der Waals surface area contributed by atoms with Crippen LogP contribution >= 0.6 is 0 Å².